The van der Waals surface area contributed by atoms with Crippen molar-refractivity contribution in [2.45, 2.75) is 25.1 Å². The zero-order valence-electron chi connectivity index (χ0n) is 16.5. The summed E-state index contributed by atoms with van der Waals surface area (Å²) in [5.74, 6) is -1.22. The molecule has 0 aromatic heterocycles. The molecule has 8 heteroatoms. The highest BCUT2D eigenvalue weighted by atomic mass is 35.5. The maximum absolute atomic E-state index is 13.5. The highest BCUT2D eigenvalue weighted by Crippen LogP contribution is 2.45. The summed E-state index contributed by atoms with van der Waals surface area (Å²) < 4.78 is 10.8. The second-order valence-corrected chi connectivity index (χ2v) is 7.59. The lowest BCUT2D eigenvalue weighted by Crippen LogP contribution is -2.68. The van der Waals surface area contributed by atoms with E-state index in [1.54, 1.807) is 48.5 Å². The highest BCUT2D eigenvalue weighted by molar-refractivity contribution is 6.31. The van der Waals surface area contributed by atoms with Crippen LogP contribution in [-0.2, 0) is 25.7 Å². The van der Waals surface area contributed by atoms with E-state index in [1.807, 2.05) is 0 Å². The Morgan fingerprint density at radius 2 is 1.87 bits per heavy atom. The predicted molar refractivity (Wildman–Crippen MR) is 110 cm³/mol. The first-order valence-electron chi connectivity index (χ1n) is 9.64. The number of benzene rings is 2. The predicted octanol–water partition coefficient (Wildman–Crippen LogP) is 3.01. The Morgan fingerprint density at radius 3 is 2.63 bits per heavy atom. The van der Waals surface area contributed by atoms with Crippen LogP contribution in [0.1, 0.15) is 28.8 Å². The minimum atomic E-state index is -1.54. The van der Waals surface area contributed by atoms with Gasteiger partial charge >= 0.3 is 5.97 Å². The molecule has 1 atom stereocenters. The third-order valence-electron chi connectivity index (χ3n) is 5.54. The molecule has 0 N–H and O–H groups in total. The van der Waals surface area contributed by atoms with Gasteiger partial charge in [0.15, 0.2) is 0 Å². The van der Waals surface area contributed by atoms with Crippen LogP contribution in [-0.4, -0.2) is 48.6 Å². The van der Waals surface area contributed by atoms with Gasteiger partial charge in [0, 0.05) is 37.1 Å². The Labute approximate surface area is 179 Å². The number of fused-ring (bicyclic) bond motifs is 3. The molecule has 0 spiro atoms. The summed E-state index contributed by atoms with van der Waals surface area (Å²) in [6, 6.07) is 13.9. The van der Waals surface area contributed by atoms with E-state index in [2.05, 4.69) is 0 Å². The Balaban J connectivity index is 1.74. The van der Waals surface area contributed by atoms with E-state index < -0.39 is 11.6 Å². The fourth-order valence-electron chi connectivity index (χ4n) is 4.11. The van der Waals surface area contributed by atoms with Crippen molar-refractivity contribution in [3.05, 3.63) is 64.7 Å². The van der Waals surface area contributed by atoms with E-state index >= 15 is 0 Å². The van der Waals surface area contributed by atoms with Gasteiger partial charge in [0.1, 0.15) is 6.61 Å². The van der Waals surface area contributed by atoms with Crippen molar-refractivity contribution in [1.82, 2.24) is 4.90 Å². The Bertz CT molecular complexity index is 1010. The van der Waals surface area contributed by atoms with E-state index in [0.717, 1.165) is 0 Å². The summed E-state index contributed by atoms with van der Waals surface area (Å²) in [6.07, 6.45) is 0.281. The molecule has 2 aliphatic heterocycles. The molecule has 0 aliphatic carbocycles. The van der Waals surface area contributed by atoms with Crippen molar-refractivity contribution < 1.29 is 23.9 Å². The van der Waals surface area contributed by atoms with E-state index in [0.29, 0.717) is 21.8 Å². The number of anilines is 1. The fraction of sp³-hybridized carbons (Fsp3) is 0.318. The van der Waals surface area contributed by atoms with Crippen molar-refractivity contribution in [1.29, 1.82) is 0 Å². The minimum absolute atomic E-state index is 0.0593. The van der Waals surface area contributed by atoms with Crippen molar-refractivity contribution in [3.8, 4) is 0 Å². The van der Waals surface area contributed by atoms with Crippen LogP contribution < -0.4 is 4.90 Å². The van der Waals surface area contributed by atoms with E-state index in [-0.39, 0.29) is 44.4 Å². The van der Waals surface area contributed by atoms with Crippen LogP contribution in [0.2, 0.25) is 5.02 Å². The van der Waals surface area contributed by atoms with Gasteiger partial charge in [-0.25, -0.2) is 4.79 Å². The van der Waals surface area contributed by atoms with Gasteiger partial charge in [0.2, 0.25) is 11.6 Å². The number of hydrogen-bond donors (Lipinski definition) is 0. The Hall–Kier alpha value is -2.90. The summed E-state index contributed by atoms with van der Waals surface area (Å²) in [4.78, 5) is 42.5. The average Bonchev–Trinajstić information content (AvgIpc) is 3.11. The standard InChI is InChI=1S/C22H21ClN2O5/c1-29-13-12-24-20(27)16-7-3-5-9-18(16)25-19(26)10-11-22(24,25)21(28)30-14-15-6-2-4-8-17(15)23/h2-9H,10-14H2,1H3/t22-/m0/s1. The van der Waals surface area contributed by atoms with Crippen molar-refractivity contribution in [2.75, 3.05) is 25.2 Å². The molecule has 2 heterocycles. The van der Waals surface area contributed by atoms with Crippen LogP contribution in [0.15, 0.2) is 48.5 Å². The van der Waals surface area contributed by atoms with Crippen LogP contribution >= 0.6 is 11.6 Å². The second kappa shape index (κ2) is 8.08. The molecule has 7 nitrogen and oxygen atoms in total. The van der Waals surface area contributed by atoms with E-state index in [1.165, 1.54) is 16.9 Å². The Morgan fingerprint density at radius 1 is 1.13 bits per heavy atom. The van der Waals surface area contributed by atoms with Crippen molar-refractivity contribution in [3.63, 3.8) is 0 Å². The van der Waals surface area contributed by atoms with Gasteiger partial charge in [0.25, 0.3) is 5.91 Å². The number of amides is 2. The summed E-state index contributed by atoms with van der Waals surface area (Å²) in [5, 5.41) is 0.475. The van der Waals surface area contributed by atoms with Crippen LogP contribution in [0.4, 0.5) is 5.69 Å². The molecule has 1 fully saturated rings. The van der Waals surface area contributed by atoms with E-state index in [9.17, 15) is 14.4 Å². The summed E-state index contributed by atoms with van der Waals surface area (Å²) in [6.45, 7) is 0.306. The number of carbonyl (C=O) groups is 3. The number of esters is 1. The molecular weight excluding hydrogens is 408 g/mol. The van der Waals surface area contributed by atoms with Gasteiger partial charge in [-0.15, -0.1) is 0 Å². The quantitative estimate of drug-likeness (QED) is 0.661. The molecular formula is C22H21ClN2O5. The number of nitrogens with zero attached hydrogens (tertiary/aromatic N) is 2. The lowest BCUT2D eigenvalue weighted by Gasteiger charge is -2.48. The zero-order chi connectivity index (χ0) is 21.3. The van der Waals surface area contributed by atoms with Gasteiger partial charge in [-0.2, -0.15) is 0 Å². The molecule has 0 saturated carbocycles. The molecule has 0 unspecified atom stereocenters. The number of hydrogen-bond acceptors (Lipinski definition) is 5. The lowest BCUT2D eigenvalue weighted by atomic mass is 9.96. The zero-order valence-corrected chi connectivity index (χ0v) is 17.2. The molecule has 156 valence electrons. The molecule has 0 bridgehead atoms. The van der Waals surface area contributed by atoms with Gasteiger partial charge in [-0.3, -0.25) is 14.5 Å². The van der Waals surface area contributed by atoms with Crippen molar-refractivity contribution >= 4 is 35.1 Å². The number of ether oxygens (including phenoxy) is 2. The largest absolute Gasteiger partial charge is 0.458 e. The molecule has 2 aliphatic rings. The first-order valence-corrected chi connectivity index (χ1v) is 10.0. The summed E-state index contributed by atoms with van der Waals surface area (Å²) >= 11 is 6.18. The van der Waals surface area contributed by atoms with Gasteiger partial charge < -0.3 is 14.4 Å². The Kier molecular flexibility index (Phi) is 5.49. The molecule has 1 saturated heterocycles. The van der Waals surface area contributed by atoms with Gasteiger partial charge in [-0.05, 0) is 18.2 Å². The molecule has 30 heavy (non-hydrogen) atoms. The number of rotatable bonds is 6. The first-order chi connectivity index (χ1) is 14.5. The van der Waals surface area contributed by atoms with Crippen LogP contribution in [0.25, 0.3) is 0 Å². The third kappa shape index (κ3) is 3.14. The second-order valence-electron chi connectivity index (χ2n) is 7.18. The number of methoxy groups -OCH3 is 1. The molecule has 2 aromatic rings. The fourth-order valence-corrected chi connectivity index (χ4v) is 4.30. The van der Waals surface area contributed by atoms with Gasteiger partial charge in [0.05, 0.1) is 17.9 Å². The van der Waals surface area contributed by atoms with E-state index in [4.69, 9.17) is 21.1 Å². The maximum Gasteiger partial charge on any atom is 0.354 e. The number of halogens is 1. The number of para-hydroxylation sites is 1. The lowest BCUT2D eigenvalue weighted by molar-refractivity contribution is -0.159. The summed E-state index contributed by atoms with van der Waals surface area (Å²) in [5.41, 5.74) is -0.0972. The monoisotopic (exact) mass is 428 g/mol. The molecule has 2 aromatic carbocycles. The first kappa shape index (κ1) is 20.4. The van der Waals surface area contributed by atoms with Crippen LogP contribution in [0.5, 0.6) is 0 Å². The van der Waals surface area contributed by atoms with Gasteiger partial charge in [-0.1, -0.05) is 41.9 Å². The topological polar surface area (TPSA) is 76.2 Å². The average molecular weight is 429 g/mol. The molecule has 2 amide bonds. The number of carbonyl (C=O) groups excluding carboxylic acids is 3. The maximum atomic E-state index is 13.5. The SMILES string of the molecule is COCCN1C(=O)c2ccccc2N2C(=O)CC[C@]12C(=O)OCc1ccccc1Cl. The van der Waals surface area contributed by atoms with Crippen LogP contribution in [0, 0.1) is 0 Å². The molecule has 4 rings (SSSR count). The highest BCUT2D eigenvalue weighted by Gasteiger charge is 2.61. The van der Waals surface area contributed by atoms with Crippen molar-refractivity contribution in [2.24, 2.45) is 0 Å². The minimum Gasteiger partial charge on any atom is -0.458 e. The normalized spacial score (nSPS) is 20.2. The smallest absolute Gasteiger partial charge is 0.354 e. The van der Waals surface area contributed by atoms with Crippen LogP contribution in [0.3, 0.4) is 0 Å². The third-order valence-corrected chi connectivity index (χ3v) is 5.91. The molecule has 0 radical (unpaired) electrons. The summed E-state index contributed by atoms with van der Waals surface area (Å²) in [7, 11) is 1.52.